The molecule has 1 amide bonds. The molecule has 1 unspecified atom stereocenters. The first-order chi connectivity index (χ1) is 9.99. The Morgan fingerprint density at radius 3 is 2.62 bits per heavy atom. The number of aliphatic carboxylic acids is 1. The maximum absolute atomic E-state index is 12.3. The van der Waals surface area contributed by atoms with Gasteiger partial charge in [0.1, 0.15) is 6.04 Å². The van der Waals surface area contributed by atoms with Gasteiger partial charge in [0, 0.05) is 13.0 Å². The molecule has 0 radical (unpaired) electrons. The molecule has 114 valence electrons. The average molecular weight is 291 g/mol. The Labute approximate surface area is 124 Å². The van der Waals surface area contributed by atoms with Crippen LogP contribution < -0.4 is 0 Å². The van der Waals surface area contributed by atoms with Crippen molar-refractivity contribution in [1.82, 2.24) is 4.90 Å². The van der Waals surface area contributed by atoms with Gasteiger partial charge in [-0.2, -0.15) is 0 Å². The summed E-state index contributed by atoms with van der Waals surface area (Å²) in [7, 11) is 0. The Bertz CT molecular complexity index is 527. The molecule has 0 bridgehead atoms. The van der Waals surface area contributed by atoms with Gasteiger partial charge in [0.2, 0.25) is 5.91 Å². The van der Waals surface area contributed by atoms with E-state index < -0.39 is 12.0 Å². The van der Waals surface area contributed by atoms with Crippen molar-refractivity contribution < 1.29 is 19.4 Å². The van der Waals surface area contributed by atoms with Crippen molar-refractivity contribution in [2.24, 2.45) is 0 Å². The highest BCUT2D eigenvalue weighted by atomic mass is 16.5. The van der Waals surface area contributed by atoms with Crippen LogP contribution in [0.25, 0.3) is 0 Å². The molecule has 0 spiro atoms. The van der Waals surface area contributed by atoms with E-state index in [1.54, 1.807) is 0 Å². The SMILES string of the molecule is CC(C)OCCC(=O)N1Cc2ccccc2CC1C(=O)O. The largest absolute Gasteiger partial charge is 0.480 e. The summed E-state index contributed by atoms with van der Waals surface area (Å²) < 4.78 is 5.37. The van der Waals surface area contributed by atoms with Crippen LogP contribution in [0.2, 0.25) is 0 Å². The maximum atomic E-state index is 12.3. The maximum Gasteiger partial charge on any atom is 0.326 e. The summed E-state index contributed by atoms with van der Waals surface area (Å²) in [6.45, 7) is 4.48. The third kappa shape index (κ3) is 3.82. The van der Waals surface area contributed by atoms with E-state index >= 15 is 0 Å². The molecule has 0 aromatic heterocycles. The van der Waals surface area contributed by atoms with Gasteiger partial charge in [0.15, 0.2) is 0 Å². The van der Waals surface area contributed by atoms with Crippen molar-refractivity contribution in [3.05, 3.63) is 35.4 Å². The first kappa shape index (κ1) is 15.5. The average Bonchev–Trinajstić information content (AvgIpc) is 2.45. The van der Waals surface area contributed by atoms with Gasteiger partial charge >= 0.3 is 5.97 Å². The van der Waals surface area contributed by atoms with Gasteiger partial charge in [-0.05, 0) is 25.0 Å². The van der Waals surface area contributed by atoms with Crippen molar-refractivity contribution in [3.8, 4) is 0 Å². The molecule has 1 heterocycles. The van der Waals surface area contributed by atoms with Crippen molar-refractivity contribution >= 4 is 11.9 Å². The van der Waals surface area contributed by atoms with Crippen molar-refractivity contribution in [1.29, 1.82) is 0 Å². The zero-order valence-electron chi connectivity index (χ0n) is 12.4. The van der Waals surface area contributed by atoms with Gasteiger partial charge in [0.25, 0.3) is 0 Å². The minimum atomic E-state index is -0.956. The van der Waals surface area contributed by atoms with Crippen LogP contribution in [0.3, 0.4) is 0 Å². The van der Waals surface area contributed by atoms with Crippen LogP contribution in [-0.4, -0.2) is 40.6 Å². The number of ether oxygens (including phenoxy) is 1. The van der Waals surface area contributed by atoms with Crippen LogP contribution in [-0.2, 0) is 27.3 Å². The molecule has 21 heavy (non-hydrogen) atoms. The number of nitrogens with zero attached hydrogens (tertiary/aromatic N) is 1. The van der Waals surface area contributed by atoms with Crippen LogP contribution in [0.15, 0.2) is 24.3 Å². The molecule has 0 aliphatic carbocycles. The Kier molecular flexibility index (Phi) is 4.96. The molecule has 5 nitrogen and oxygen atoms in total. The quantitative estimate of drug-likeness (QED) is 0.899. The fourth-order valence-electron chi connectivity index (χ4n) is 2.53. The van der Waals surface area contributed by atoms with Crippen molar-refractivity contribution in [2.75, 3.05) is 6.61 Å². The van der Waals surface area contributed by atoms with Crippen molar-refractivity contribution in [2.45, 2.75) is 45.4 Å². The van der Waals surface area contributed by atoms with Crippen LogP contribution in [0.1, 0.15) is 31.4 Å². The van der Waals surface area contributed by atoms with E-state index in [0.29, 0.717) is 19.6 Å². The van der Waals surface area contributed by atoms with E-state index in [0.717, 1.165) is 11.1 Å². The molecule has 5 heteroatoms. The van der Waals surface area contributed by atoms with Gasteiger partial charge in [-0.3, -0.25) is 4.79 Å². The van der Waals surface area contributed by atoms with Crippen molar-refractivity contribution in [3.63, 3.8) is 0 Å². The molecule has 1 aliphatic rings. The van der Waals surface area contributed by atoms with Gasteiger partial charge in [-0.15, -0.1) is 0 Å². The molecule has 1 atom stereocenters. The summed E-state index contributed by atoms with van der Waals surface area (Å²) >= 11 is 0. The van der Waals surface area contributed by atoms with Crippen LogP contribution in [0.5, 0.6) is 0 Å². The Balaban J connectivity index is 2.09. The highest BCUT2D eigenvalue weighted by Gasteiger charge is 2.34. The number of rotatable bonds is 5. The highest BCUT2D eigenvalue weighted by molar-refractivity contribution is 5.84. The number of hydrogen-bond donors (Lipinski definition) is 1. The van der Waals surface area contributed by atoms with Crippen LogP contribution in [0.4, 0.5) is 0 Å². The number of carboxylic acid groups (broad SMARTS) is 1. The summed E-state index contributed by atoms with van der Waals surface area (Å²) in [5, 5.41) is 9.37. The molecular formula is C16H21NO4. The fourth-order valence-corrected chi connectivity index (χ4v) is 2.53. The first-order valence-electron chi connectivity index (χ1n) is 7.19. The first-order valence-corrected chi connectivity index (χ1v) is 7.19. The molecule has 2 rings (SSSR count). The number of amides is 1. The number of hydrogen-bond acceptors (Lipinski definition) is 3. The minimum Gasteiger partial charge on any atom is -0.480 e. The summed E-state index contributed by atoms with van der Waals surface area (Å²) in [4.78, 5) is 25.2. The standard InChI is InChI=1S/C16H21NO4/c1-11(2)21-8-7-15(18)17-10-13-6-4-3-5-12(13)9-14(17)16(19)20/h3-6,11,14H,7-10H2,1-2H3,(H,19,20). The molecule has 0 fully saturated rings. The normalized spacial score (nSPS) is 17.7. The Morgan fingerprint density at radius 1 is 1.33 bits per heavy atom. The van der Waals surface area contributed by atoms with E-state index in [2.05, 4.69) is 0 Å². The third-order valence-corrected chi connectivity index (χ3v) is 3.62. The topological polar surface area (TPSA) is 66.8 Å². The lowest BCUT2D eigenvalue weighted by Gasteiger charge is -2.34. The summed E-state index contributed by atoms with van der Waals surface area (Å²) in [5.74, 6) is -1.12. The second kappa shape index (κ2) is 6.72. The van der Waals surface area contributed by atoms with Crippen LogP contribution >= 0.6 is 0 Å². The molecular weight excluding hydrogens is 270 g/mol. The molecule has 0 saturated heterocycles. The Morgan fingerprint density at radius 2 is 2.00 bits per heavy atom. The van der Waals surface area contributed by atoms with E-state index in [1.807, 2.05) is 38.1 Å². The monoisotopic (exact) mass is 291 g/mol. The molecule has 1 N–H and O–H groups in total. The molecule has 0 saturated carbocycles. The lowest BCUT2D eigenvalue weighted by molar-refractivity contribution is -0.152. The van der Waals surface area contributed by atoms with Crippen LogP contribution in [0, 0.1) is 0 Å². The number of carbonyl (C=O) groups excluding carboxylic acids is 1. The second-order valence-electron chi connectivity index (χ2n) is 5.52. The number of fused-ring (bicyclic) bond motifs is 1. The van der Waals surface area contributed by atoms with Gasteiger partial charge in [0.05, 0.1) is 19.1 Å². The summed E-state index contributed by atoms with van der Waals surface area (Å²) in [6.07, 6.45) is 0.641. The van der Waals surface area contributed by atoms with Gasteiger partial charge < -0.3 is 14.7 Å². The van der Waals surface area contributed by atoms with E-state index in [9.17, 15) is 14.7 Å². The van der Waals surface area contributed by atoms with Gasteiger partial charge in [-0.25, -0.2) is 4.79 Å². The molecule has 1 aromatic carbocycles. The zero-order valence-corrected chi connectivity index (χ0v) is 12.4. The zero-order chi connectivity index (χ0) is 15.4. The smallest absolute Gasteiger partial charge is 0.326 e. The van der Waals surface area contributed by atoms with E-state index in [4.69, 9.17) is 4.74 Å². The summed E-state index contributed by atoms with van der Waals surface area (Å²) in [5.41, 5.74) is 2.03. The minimum absolute atomic E-state index is 0.0650. The second-order valence-corrected chi connectivity index (χ2v) is 5.52. The number of carbonyl (C=O) groups is 2. The summed E-state index contributed by atoms with van der Waals surface area (Å²) in [6, 6.07) is 6.88. The predicted octanol–water partition coefficient (Wildman–Crippen LogP) is 1.84. The Hall–Kier alpha value is -1.88. The third-order valence-electron chi connectivity index (χ3n) is 3.62. The highest BCUT2D eigenvalue weighted by Crippen LogP contribution is 2.24. The van der Waals surface area contributed by atoms with Gasteiger partial charge in [-0.1, -0.05) is 24.3 Å². The predicted molar refractivity (Wildman–Crippen MR) is 77.8 cm³/mol. The molecule has 1 aliphatic heterocycles. The fraction of sp³-hybridized carbons (Fsp3) is 0.500. The lowest BCUT2D eigenvalue weighted by atomic mass is 9.94. The number of carboxylic acids is 1. The van der Waals surface area contributed by atoms with E-state index in [1.165, 1.54) is 4.90 Å². The van der Waals surface area contributed by atoms with E-state index in [-0.39, 0.29) is 18.4 Å². The molecule has 1 aromatic rings. The number of benzene rings is 1. The lowest BCUT2D eigenvalue weighted by Crippen LogP contribution is -2.48.